The number of Topliss-reactive ketones (excluding diaryl/α,β-unsaturated/α-hetero) is 1. The summed E-state index contributed by atoms with van der Waals surface area (Å²) in [6.07, 6.45) is 2.41. The Kier molecular flexibility index (Phi) is 6.79. The zero-order valence-corrected chi connectivity index (χ0v) is 20.6. The van der Waals surface area contributed by atoms with Gasteiger partial charge in [0.1, 0.15) is 22.8 Å². The normalized spacial score (nSPS) is 17.5. The zero-order valence-electron chi connectivity index (χ0n) is 20.6. The number of aryl methyl sites for hydroxylation is 1. The molecule has 1 aliphatic heterocycles. The number of hydrogen-bond donors (Lipinski definition) is 1. The molecule has 1 atom stereocenters. The van der Waals surface area contributed by atoms with E-state index in [1.807, 2.05) is 37.2 Å². The second-order valence-electron chi connectivity index (χ2n) is 8.73. The van der Waals surface area contributed by atoms with E-state index in [2.05, 4.69) is 4.98 Å². The third-order valence-corrected chi connectivity index (χ3v) is 6.20. The molecule has 0 saturated carbocycles. The third-order valence-electron chi connectivity index (χ3n) is 6.20. The minimum Gasteiger partial charge on any atom is -0.505 e. The van der Waals surface area contributed by atoms with Crippen molar-refractivity contribution < 1.29 is 24.2 Å². The molecule has 1 aromatic carbocycles. The summed E-state index contributed by atoms with van der Waals surface area (Å²) >= 11 is 0. The van der Waals surface area contributed by atoms with Crippen LogP contribution in [-0.4, -0.2) is 77.4 Å². The number of methoxy groups -OCH3 is 2. The highest BCUT2D eigenvalue weighted by atomic mass is 16.5. The minimum absolute atomic E-state index is 0.000147. The number of benzene rings is 1. The van der Waals surface area contributed by atoms with Crippen LogP contribution in [-0.2, 0) is 9.59 Å². The van der Waals surface area contributed by atoms with Crippen molar-refractivity contribution in [3.63, 3.8) is 0 Å². The van der Waals surface area contributed by atoms with E-state index < -0.39 is 17.7 Å². The quantitative estimate of drug-likeness (QED) is 0.302. The number of amides is 1. The van der Waals surface area contributed by atoms with Gasteiger partial charge >= 0.3 is 0 Å². The Morgan fingerprint density at radius 2 is 1.91 bits per heavy atom. The molecule has 2 aromatic heterocycles. The third kappa shape index (κ3) is 4.35. The number of nitrogens with zero attached hydrogens (tertiary/aromatic N) is 4. The smallest absolute Gasteiger partial charge is 0.295 e. The summed E-state index contributed by atoms with van der Waals surface area (Å²) in [6, 6.07) is 9.83. The van der Waals surface area contributed by atoms with Crippen LogP contribution in [0.5, 0.6) is 11.5 Å². The molecule has 1 N–H and O–H groups in total. The first-order valence-electron chi connectivity index (χ1n) is 11.4. The van der Waals surface area contributed by atoms with E-state index in [0.29, 0.717) is 47.1 Å². The molecule has 1 fully saturated rings. The summed E-state index contributed by atoms with van der Waals surface area (Å²) in [5.41, 5.74) is 2.11. The molecule has 184 valence electrons. The summed E-state index contributed by atoms with van der Waals surface area (Å²) in [7, 11) is 6.97. The maximum Gasteiger partial charge on any atom is 0.295 e. The molecule has 1 saturated heterocycles. The van der Waals surface area contributed by atoms with E-state index in [4.69, 9.17) is 9.47 Å². The summed E-state index contributed by atoms with van der Waals surface area (Å²) in [5, 5.41) is 11.6. The van der Waals surface area contributed by atoms with Crippen molar-refractivity contribution in [3.8, 4) is 11.5 Å². The van der Waals surface area contributed by atoms with Crippen LogP contribution in [0.25, 0.3) is 11.4 Å². The van der Waals surface area contributed by atoms with Gasteiger partial charge in [0.05, 0.1) is 31.5 Å². The lowest BCUT2D eigenvalue weighted by Crippen LogP contribution is -2.32. The fourth-order valence-corrected chi connectivity index (χ4v) is 4.57. The van der Waals surface area contributed by atoms with Crippen LogP contribution in [0.4, 0.5) is 0 Å². The molecular weight excluding hydrogens is 448 g/mol. The van der Waals surface area contributed by atoms with Crippen molar-refractivity contribution in [2.75, 3.05) is 41.4 Å². The number of aliphatic hydroxyl groups excluding tert-OH is 1. The lowest BCUT2D eigenvalue weighted by atomic mass is 9.95. The number of carbonyl (C=O) groups is 2. The minimum atomic E-state index is -0.851. The highest BCUT2D eigenvalue weighted by Crippen LogP contribution is 2.44. The highest BCUT2D eigenvalue weighted by molar-refractivity contribution is 6.46. The second kappa shape index (κ2) is 9.79. The van der Waals surface area contributed by atoms with E-state index in [1.54, 1.807) is 42.8 Å². The van der Waals surface area contributed by atoms with Crippen LogP contribution >= 0.6 is 0 Å². The van der Waals surface area contributed by atoms with E-state index in [-0.39, 0.29) is 11.3 Å². The zero-order chi connectivity index (χ0) is 25.3. The predicted molar refractivity (Wildman–Crippen MR) is 132 cm³/mol. The maximum absolute atomic E-state index is 13.4. The Balaban J connectivity index is 1.95. The Labute approximate surface area is 204 Å². The fraction of sp³-hybridized carbons (Fsp3) is 0.346. The van der Waals surface area contributed by atoms with E-state index in [0.717, 1.165) is 6.54 Å². The Hall–Kier alpha value is -3.85. The van der Waals surface area contributed by atoms with Gasteiger partial charge in [0.2, 0.25) is 0 Å². The largest absolute Gasteiger partial charge is 0.505 e. The van der Waals surface area contributed by atoms with Crippen molar-refractivity contribution in [3.05, 3.63) is 65.1 Å². The molecule has 0 spiro atoms. The van der Waals surface area contributed by atoms with Gasteiger partial charge in [-0.2, -0.15) is 0 Å². The van der Waals surface area contributed by atoms with Crippen molar-refractivity contribution in [1.29, 1.82) is 0 Å². The molecule has 4 rings (SSSR count). The first-order chi connectivity index (χ1) is 16.8. The lowest BCUT2D eigenvalue weighted by Gasteiger charge is -2.27. The van der Waals surface area contributed by atoms with Crippen LogP contribution in [0.3, 0.4) is 0 Å². The number of fused-ring (bicyclic) bond motifs is 1. The molecule has 0 bridgehead atoms. The topological polar surface area (TPSA) is 96.6 Å². The monoisotopic (exact) mass is 478 g/mol. The maximum atomic E-state index is 13.4. The van der Waals surface area contributed by atoms with Gasteiger partial charge in [0.25, 0.3) is 11.7 Å². The van der Waals surface area contributed by atoms with Gasteiger partial charge in [0.15, 0.2) is 5.76 Å². The number of ether oxygens (including phenoxy) is 2. The van der Waals surface area contributed by atoms with Crippen molar-refractivity contribution in [1.82, 2.24) is 19.2 Å². The van der Waals surface area contributed by atoms with Crippen molar-refractivity contribution >= 4 is 23.1 Å². The summed E-state index contributed by atoms with van der Waals surface area (Å²) in [5.74, 6) is -0.648. The molecule has 0 aliphatic carbocycles. The molecule has 9 heteroatoms. The van der Waals surface area contributed by atoms with Gasteiger partial charge in [0, 0.05) is 18.3 Å². The number of aromatic nitrogens is 2. The molecular formula is C26H30N4O5. The SMILES string of the molecule is COc1ccc(OC)c(C2C(=C(O)c3c(C)nc4ccccn34)C(=O)C(=O)N2CCCN(C)C)c1. The number of pyridine rings is 1. The fourth-order valence-electron chi connectivity index (χ4n) is 4.57. The van der Waals surface area contributed by atoms with Gasteiger partial charge < -0.3 is 24.4 Å². The van der Waals surface area contributed by atoms with Crippen LogP contribution in [0.1, 0.15) is 29.4 Å². The van der Waals surface area contributed by atoms with Gasteiger partial charge in [-0.25, -0.2) is 4.98 Å². The second-order valence-corrected chi connectivity index (χ2v) is 8.73. The van der Waals surface area contributed by atoms with Crippen LogP contribution < -0.4 is 9.47 Å². The standard InChI is InChI=1S/C26H30N4O5/c1-16-22(29-13-7-6-9-20(29)27-16)24(31)21-23(18-15-17(34-4)10-11-19(18)35-5)30(26(33)25(21)32)14-8-12-28(2)3/h6-7,9-11,13,15,23,31H,8,12,14H2,1-5H3. The first kappa shape index (κ1) is 24.3. The summed E-state index contributed by atoms with van der Waals surface area (Å²) in [4.78, 5) is 34.7. The summed E-state index contributed by atoms with van der Waals surface area (Å²) in [6.45, 7) is 2.82. The molecule has 1 amide bonds. The molecule has 3 aromatic rings. The average Bonchev–Trinajstić information content (AvgIpc) is 3.31. The molecule has 1 unspecified atom stereocenters. The highest BCUT2D eigenvalue weighted by Gasteiger charge is 2.47. The molecule has 0 radical (unpaired) electrons. The van der Waals surface area contributed by atoms with Crippen molar-refractivity contribution in [2.45, 2.75) is 19.4 Å². The molecule has 3 heterocycles. The lowest BCUT2D eigenvalue weighted by molar-refractivity contribution is -0.140. The van der Waals surface area contributed by atoms with Gasteiger partial charge in [-0.3, -0.25) is 14.0 Å². The number of imidazole rings is 1. The van der Waals surface area contributed by atoms with Gasteiger partial charge in [-0.15, -0.1) is 0 Å². The van der Waals surface area contributed by atoms with Crippen LogP contribution in [0.15, 0.2) is 48.2 Å². The Bertz CT molecular complexity index is 1310. The first-order valence-corrected chi connectivity index (χ1v) is 11.4. The van der Waals surface area contributed by atoms with Crippen LogP contribution in [0.2, 0.25) is 0 Å². The molecule has 35 heavy (non-hydrogen) atoms. The number of carbonyl (C=O) groups excluding carboxylic acids is 2. The van der Waals surface area contributed by atoms with Gasteiger partial charge in [-0.1, -0.05) is 6.07 Å². The van der Waals surface area contributed by atoms with E-state index in [9.17, 15) is 14.7 Å². The number of aliphatic hydroxyl groups is 1. The van der Waals surface area contributed by atoms with E-state index >= 15 is 0 Å². The Morgan fingerprint density at radius 1 is 1.14 bits per heavy atom. The number of rotatable bonds is 8. The molecule has 1 aliphatic rings. The van der Waals surface area contributed by atoms with Crippen LogP contribution in [0, 0.1) is 6.92 Å². The number of likely N-dealkylation sites (tertiary alicyclic amines) is 1. The van der Waals surface area contributed by atoms with Gasteiger partial charge in [-0.05, 0) is 64.3 Å². The number of hydrogen-bond acceptors (Lipinski definition) is 7. The van der Waals surface area contributed by atoms with E-state index in [1.165, 1.54) is 12.0 Å². The predicted octanol–water partition coefficient (Wildman–Crippen LogP) is 3.03. The number of ketones is 1. The molecule has 9 nitrogen and oxygen atoms in total. The summed E-state index contributed by atoms with van der Waals surface area (Å²) < 4.78 is 12.7. The van der Waals surface area contributed by atoms with Crippen molar-refractivity contribution in [2.24, 2.45) is 0 Å². The Morgan fingerprint density at radius 3 is 2.60 bits per heavy atom. The average molecular weight is 479 g/mol.